The first-order chi connectivity index (χ1) is 9.97. The van der Waals surface area contributed by atoms with E-state index in [0.717, 1.165) is 10.0 Å². The zero-order valence-corrected chi connectivity index (χ0v) is 14.3. The van der Waals surface area contributed by atoms with Crippen LogP contribution in [0.25, 0.3) is 6.08 Å². The zero-order valence-electron chi connectivity index (χ0n) is 11.9. The Bertz CT molecular complexity index is 631. The molecule has 7 heteroatoms. The van der Waals surface area contributed by atoms with E-state index in [0.29, 0.717) is 28.9 Å². The van der Waals surface area contributed by atoms with Crippen molar-refractivity contribution in [3.05, 3.63) is 27.9 Å². The molecule has 1 aromatic carbocycles. The Balaban J connectivity index is 2.41. The molecule has 0 radical (unpaired) electrons. The van der Waals surface area contributed by atoms with Crippen molar-refractivity contribution in [3.63, 3.8) is 0 Å². The second-order valence-electron chi connectivity index (χ2n) is 4.31. The molecule has 0 saturated carbocycles. The van der Waals surface area contributed by atoms with Crippen LogP contribution in [0.3, 0.4) is 0 Å². The average Bonchev–Trinajstić information content (AvgIpc) is 2.69. The number of nitrogens with zero attached hydrogens (tertiary/aromatic N) is 1. The lowest BCUT2D eigenvalue weighted by atomic mass is 10.1. The summed E-state index contributed by atoms with van der Waals surface area (Å²) < 4.78 is 11.6. The van der Waals surface area contributed by atoms with E-state index < -0.39 is 0 Å². The molecule has 2 rings (SSSR count). The molecule has 0 bridgehead atoms. The van der Waals surface area contributed by atoms with Gasteiger partial charge in [0.25, 0.3) is 5.91 Å². The maximum Gasteiger partial charge on any atom is 0.276 e. The van der Waals surface area contributed by atoms with Gasteiger partial charge in [0.2, 0.25) is 0 Å². The van der Waals surface area contributed by atoms with E-state index in [9.17, 15) is 4.79 Å². The summed E-state index contributed by atoms with van der Waals surface area (Å²) in [5.41, 5.74) is 1.22. The summed E-state index contributed by atoms with van der Waals surface area (Å²) in [6.45, 7) is 2.45. The molecule has 1 aromatic rings. The van der Waals surface area contributed by atoms with Crippen molar-refractivity contribution in [1.82, 2.24) is 10.2 Å². The minimum atomic E-state index is -0.167. The van der Waals surface area contributed by atoms with Gasteiger partial charge in [0.15, 0.2) is 16.6 Å². The highest BCUT2D eigenvalue weighted by Gasteiger charge is 2.27. The quantitative estimate of drug-likeness (QED) is 0.651. The number of hydrogen-bond donors (Lipinski definition) is 1. The molecule has 112 valence electrons. The van der Waals surface area contributed by atoms with Crippen LogP contribution in [0.15, 0.2) is 22.3 Å². The van der Waals surface area contributed by atoms with Gasteiger partial charge in [0.05, 0.1) is 13.7 Å². The summed E-state index contributed by atoms with van der Waals surface area (Å²) in [5.74, 6) is 1.08. The number of thiocarbonyl (C=S) groups is 1. The monoisotopic (exact) mass is 370 g/mol. The highest BCUT2D eigenvalue weighted by molar-refractivity contribution is 9.10. The third kappa shape index (κ3) is 3.19. The maximum absolute atomic E-state index is 12.0. The van der Waals surface area contributed by atoms with Crippen molar-refractivity contribution in [2.45, 2.75) is 6.92 Å². The highest BCUT2D eigenvalue weighted by atomic mass is 79.9. The Morgan fingerprint density at radius 3 is 2.67 bits per heavy atom. The molecule has 1 N–H and O–H groups in total. The number of ether oxygens (including phenoxy) is 2. The van der Waals surface area contributed by atoms with Crippen molar-refractivity contribution >= 4 is 45.2 Å². The van der Waals surface area contributed by atoms with Crippen molar-refractivity contribution in [2.24, 2.45) is 0 Å². The predicted molar refractivity (Wildman–Crippen MR) is 88.3 cm³/mol. The lowest BCUT2D eigenvalue weighted by Gasteiger charge is -2.11. The van der Waals surface area contributed by atoms with Gasteiger partial charge in [0.1, 0.15) is 5.70 Å². The summed E-state index contributed by atoms with van der Waals surface area (Å²) in [6, 6.07) is 3.62. The summed E-state index contributed by atoms with van der Waals surface area (Å²) in [4.78, 5) is 13.4. The van der Waals surface area contributed by atoms with Gasteiger partial charge in [-0.1, -0.05) is 15.9 Å². The molecule has 21 heavy (non-hydrogen) atoms. The first-order valence-corrected chi connectivity index (χ1v) is 7.49. The van der Waals surface area contributed by atoms with E-state index >= 15 is 0 Å². The van der Waals surface area contributed by atoms with Crippen molar-refractivity contribution in [3.8, 4) is 11.5 Å². The third-order valence-corrected chi connectivity index (χ3v) is 4.03. The van der Waals surface area contributed by atoms with Gasteiger partial charge < -0.3 is 14.8 Å². The second kappa shape index (κ2) is 6.44. The predicted octanol–water partition coefficient (Wildman–Crippen LogP) is 2.54. The van der Waals surface area contributed by atoms with Gasteiger partial charge in [-0.3, -0.25) is 9.69 Å². The Kier molecular flexibility index (Phi) is 4.84. The number of methoxy groups -OCH3 is 1. The van der Waals surface area contributed by atoms with E-state index in [1.807, 2.05) is 13.0 Å². The Morgan fingerprint density at radius 2 is 2.14 bits per heavy atom. The fourth-order valence-corrected chi connectivity index (χ4v) is 2.50. The molecule has 1 fully saturated rings. The van der Waals surface area contributed by atoms with Crippen molar-refractivity contribution in [1.29, 1.82) is 0 Å². The molecular weight excluding hydrogens is 356 g/mol. The first kappa shape index (κ1) is 15.8. The molecule has 1 aliphatic rings. The van der Waals surface area contributed by atoms with Gasteiger partial charge >= 0.3 is 0 Å². The Labute approximate surface area is 137 Å². The molecule has 0 atom stereocenters. The van der Waals surface area contributed by atoms with Crippen LogP contribution in [0.2, 0.25) is 0 Å². The fraction of sp³-hybridized carbons (Fsp3) is 0.286. The summed E-state index contributed by atoms with van der Waals surface area (Å²) in [7, 11) is 3.21. The van der Waals surface area contributed by atoms with E-state index in [1.54, 1.807) is 26.3 Å². The molecule has 0 aliphatic carbocycles. The van der Waals surface area contributed by atoms with Crippen LogP contribution < -0.4 is 14.8 Å². The van der Waals surface area contributed by atoms with Crippen LogP contribution in [0.4, 0.5) is 0 Å². The Morgan fingerprint density at radius 1 is 1.43 bits per heavy atom. The van der Waals surface area contributed by atoms with Gasteiger partial charge in [-0.15, -0.1) is 0 Å². The smallest absolute Gasteiger partial charge is 0.276 e. The maximum atomic E-state index is 12.0. The number of carbonyl (C=O) groups excluding carboxylic acids is 1. The minimum Gasteiger partial charge on any atom is -0.493 e. The summed E-state index contributed by atoms with van der Waals surface area (Å²) >= 11 is 8.52. The van der Waals surface area contributed by atoms with Crippen molar-refractivity contribution in [2.75, 3.05) is 20.8 Å². The minimum absolute atomic E-state index is 0.167. The largest absolute Gasteiger partial charge is 0.493 e. The number of hydrogen-bond acceptors (Lipinski definition) is 4. The van der Waals surface area contributed by atoms with E-state index in [2.05, 4.69) is 21.2 Å². The molecule has 0 aromatic heterocycles. The van der Waals surface area contributed by atoms with E-state index in [4.69, 9.17) is 21.7 Å². The molecule has 1 heterocycles. The number of carbonyl (C=O) groups is 1. The lowest BCUT2D eigenvalue weighted by Crippen LogP contribution is -2.25. The van der Waals surface area contributed by atoms with Crippen LogP contribution in [-0.4, -0.2) is 36.7 Å². The topological polar surface area (TPSA) is 50.8 Å². The summed E-state index contributed by atoms with van der Waals surface area (Å²) in [5, 5.41) is 3.27. The van der Waals surface area contributed by atoms with Crippen LogP contribution in [0.5, 0.6) is 11.5 Å². The normalized spacial score (nSPS) is 16.4. The number of benzene rings is 1. The van der Waals surface area contributed by atoms with Gasteiger partial charge in [-0.05, 0) is 42.9 Å². The lowest BCUT2D eigenvalue weighted by molar-refractivity contribution is -0.121. The number of amides is 1. The number of nitrogens with one attached hydrogen (secondary N) is 1. The molecule has 0 spiro atoms. The second-order valence-corrected chi connectivity index (χ2v) is 5.55. The SMILES string of the molecule is CCOc1cc(Br)c(C=C2NC(=S)N(C)C2=O)cc1OC. The third-order valence-electron chi connectivity index (χ3n) is 2.96. The number of likely N-dealkylation sites (N-methyl/N-ethyl adjacent to an activating group) is 1. The molecule has 1 saturated heterocycles. The zero-order chi connectivity index (χ0) is 15.6. The molecule has 1 aliphatic heterocycles. The molecule has 5 nitrogen and oxygen atoms in total. The molecular formula is C14H15BrN2O3S. The van der Waals surface area contributed by atoms with E-state index in [1.165, 1.54) is 4.90 Å². The van der Waals surface area contributed by atoms with Crippen LogP contribution in [0.1, 0.15) is 12.5 Å². The molecule has 0 unspecified atom stereocenters. The number of rotatable bonds is 4. The van der Waals surface area contributed by atoms with Crippen LogP contribution in [-0.2, 0) is 4.79 Å². The van der Waals surface area contributed by atoms with Crippen molar-refractivity contribution < 1.29 is 14.3 Å². The van der Waals surface area contributed by atoms with Gasteiger partial charge in [-0.2, -0.15) is 0 Å². The fourth-order valence-electron chi connectivity index (χ4n) is 1.87. The molecule has 1 amide bonds. The first-order valence-electron chi connectivity index (χ1n) is 6.29. The van der Waals surface area contributed by atoms with Gasteiger partial charge in [-0.25, -0.2) is 0 Å². The number of halogens is 1. The standard InChI is InChI=1S/C14H15BrN2O3S/c1-4-20-12-7-9(15)8(6-11(12)19-3)5-10-13(18)17(2)14(21)16-10/h5-7H,4H2,1-3H3,(H,16,21). The average molecular weight is 371 g/mol. The summed E-state index contributed by atoms with van der Waals surface area (Å²) in [6.07, 6.45) is 1.72. The highest BCUT2D eigenvalue weighted by Crippen LogP contribution is 2.34. The van der Waals surface area contributed by atoms with E-state index in [-0.39, 0.29) is 5.91 Å². The van der Waals surface area contributed by atoms with Crippen LogP contribution >= 0.6 is 28.1 Å². The van der Waals surface area contributed by atoms with Crippen LogP contribution in [0, 0.1) is 0 Å². The Hall–Kier alpha value is -1.60. The van der Waals surface area contributed by atoms with Gasteiger partial charge in [0, 0.05) is 11.5 Å².